The highest BCUT2D eigenvalue weighted by Gasteiger charge is 2.31. The summed E-state index contributed by atoms with van der Waals surface area (Å²) in [7, 11) is 0. The fraction of sp³-hybridized carbons (Fsp3) is 0.0938. The quantitative estimate of drug-likeness (QED) is 0.0991. The number of thiophene rings is 1. The van der Waals surface area contributed by atoms with Gasteiger partial charge in [-0.15, -0.1) is 11.3 Å². The van der Waals surface area contributed by atoms with E-state index in [-0.39, 0.29) is 17.3 Å². The molecule has 11 heteroatoms. The van der Waals surface area contributed by atoms with Gasteiger partial charge < -0.3 is 19.7 Å². The van der Waals surface area contributed by atoms with Gasteiger partial charge >= 0.3 is 0 Å². The summed E-state index contributed by atoms with van der Waals surface area (Å²) in [6, 6.07) is 19.5. The van der Waals surface area contributed by atoms with Crippen LogP contribution in [0.4, 0.5) is 20.2 Å². The van der Waals surface area contributed by atoms with Crippen LogP contribution in [-0.4, -0.2) is 26.5 Å². The number of nitrogens with zero attached hydrogens (tertiary/aromatic N) is 3. The summed E-state index contributed by atoms with van der Waals surface area (Å²) in [5, 5.41) is 2.78. The van der Waals surface area contributed by atoms with E-state index in [2.05, 4.69) is 37.9 Å². The van der Waals surface area contributed by atoms with Gasteiger partial charge in [0, 0.05) is 42.1 Å². The Labute approximate surface area is 263 Å². The number of fused-ring (bicyclic) bond motifs is 1. The van der Waals surface area contributed by atoms with Crippen molar-refractivity contribution >= 4 is 61.4 Å². The summed E-state index contributed by atoms with van der Waals surface area (Å²) in [4.78, 5) is 25.1. The zero-order valence-electron chi connectivity index (χ0n) is 22.6. The fourth-order valence-electron chi connectivity index (χ4n) is 4.51. The Morgan fingerprint density at radius 1 is 1.02 bits per heavy atom. The molecule has 1 aliphatic heterocycles. The van der Waals surface area contributed by atoms with Gasteiger partial charge in [-0.05, 0) is 67.6 Å². The molecule has 0 bridgehead atoms. The number of anilines is 2. The molecule has 4 heterocycles. The summed E-state index contributed by atoms with van der Waals surface area (Å²) in [6.45, 7) is 2.18. The third-order valence-electron chi connectivity index (χ3n) is 6.51. The highest BCUT2D eigenvalue weighted by molar-refractivity contribution is 14.1. The Hall–Kier alpha value is -4.36. The first-order chi connectivity index (χ1) is 20.9. The monoisotopic (exact) mass is 708 g/mol. The number of pyridine rings is 2. The number of benzene rings is 2. The first-order valence-electron chi connectivity index (χ1n) is 13.2. The van der Waals surface area contributed by atoms with Gasteiger partial charge in [0.25, 0.3) is 5.91 Å². The fourth-order valence-corrected chi connectivity index (χ4v) is 6.65. The maximum atomic E-state index is 15.3. The summed E-state index contributed by atoms with van der Waals surface area (Å²) in [6.07, 6.45) is 6.80. The highest BCUT2D eigenvalue weighted by atomic mass is 127. The van der Waals surface area contributed by atoms with Gasteiger partial charge in [-0.25, -0.2) is 8.78 Å². The lowest BCUT2D eigenvalue weighted by molar-refractivity contribution is -0.113. The maximum Gasteiger partial charge on any atom is 0.258 e. The van der Waals surface area contributed by atoms with E-state index in [1.165, 1.54) is 35.6 Å². The number of alkyl halides is 1. The van der Waals surface area contributed by atoms with Crippen molar-refractivity contribution in [3.63, 3.8) is 0 Å². The number of rotatable bonds is 8. The molecule has 3 aromatic heterocycles. The van der Waals surface area contributed by atoms with E-state index in [0.29, 0.717) is 29.4 Å². The van der Waals surface area contributed by atoms with E-state index in [0.717, 1.165) is 20.8 Å². The zero-order chi connectivity index (χ0) is 29.9. The van der Waals surface area contributed by atoms with E-state index < -0.39 is 15.8 Å². The van der Waals surface area contributed by atoms with Crippen molar-refractivity contribution in [3.05, 3.63) is 120 Å². The Kier molecular flexibility index (Phi) is 8.34. The lowest BCUT2D eigenvalue weighted by atomic mass is 10.1. The number of halogens is 3. The Balaban J connectivity index is 1.22. The molecule has 1 amide bonds. The van der Waals surface area contributed by atoms with Crippen LogP contribution in [0.3, 0.4) is 0 Å². The van der Waals surface area contributed by atoms with E-state index in [1.807, 2.05) is 36.1 Å². The molecule has 7 nitrogen and oxygen atoms in total. The molecule has 1 unspecified atom stereocenters. The standard InChI is InChI=1S/C32H23F2IN4O3S/c1-2-41-26-13-16-39(21-9-6-19(33)7-10-21)31(35)29(26)32(40)38-20-8-11-25(22(34)17-20)42-27-12-15-37-24-18-28(43-30(24)27)23-5-3-4-14-36-23/h3-18,31H,2H2,1H3,(H,38,40). The number of allylic oxidation sites excluding steroid dienone is 1. The maximum absolute atomic E-state index is 15.3. The second kappa shape index (κ2) is 12.5. The predicted octanol–water partition coefficient (Wildman–Crippen LogP) is 8.45. The summed E-state index contributed by atoms with van der Waals surface area (Å²) in [5.41, 5.74) is 2.82. The van der Waals surface area contributed by atoms with E-state index in [4.69, 9.17) is 9.47 Å². The number of amides is 1. The molecule has 1 N–H and O–H groups in total. The molecular weight excluding hydrogens is 685 g/mol. The molecule has 216 valence electrons. The molecule has 43 heavy (non-hydrogen) atoms. The van der Waals surface area contributed by atoms with Gasteiger partial charge in [0.1, 0.15) is 21.4 Å². The number of hydrogen-bond donors (Lipinski definition) is 1. The largest absolute Gasteiger partial charge is 0.493 e. The molecule has 6 rings (SSSR count). The lowest BCUT2D eigenvalue weighted by Gasteiger charge is -2.32. The molecule has 1 atom stereocenters. The topological polar surface area (TPSA) is 76.6 Å². The van der Waals surface area contributed by atoms with Crippen LogP contribution < -0.4 is 15.0 Å². The van der Waals surface area contributed by atoms with E-state index in [9.17, 15) is 9.18 Å². The molecule has 0 fully saturated rings. The van der Waals surface area contributed by atoms with Crippen molar-refractivity contribution in [2.75, 3.05) is 16.8 Å². The number of carbonyl (C=O) groups excluding carboxylic acids is 1. The number of ether oxygens (including phenoxy) is 2. The second-order valence-corrected chi connectivity index (χ2v) is 11.5. The van der Waals surface area contributed by atoms with Crippen molar-refractivity contribution in [1.29, 1.82) is 0 Å². The number of aromatic nitrogens is 2. The Morgan fingerprint density at radius 2 is 1.86 bits per heavy atom. The minimum Gasteiger partial charge on any atom is -0.493 e. The molecule has 2 aromatic carbocycles. The molecule has 0 saturated carbocycles. The minimum absolute atomic E-state index is 0.00218. The van der Waals surface area contributed by atoms with Crippen LogP contribution in [0.25, 0.3) is 20.8 Å². The Bertz CT molecular complexity index is 1860. The SMILES string of the molecule is CCOC1=C(C(=O)Nc2ccc(Oc3ccnc4cc(-c5ccccn5)sc34)c(F)c2)C(I)N(c2ccc(F)cc2)C=C1. The summed E-state index contributed by atoms with van der Waals surface area (Å²) >= 11 is 3.58. The van der Waals surface area contributed by atoms with Gasteiger partial charge in [-0.1, -0.05) is 28.7 Å². The van der Waals surface area contributed by atoms with Crippen LogP contribution in [0.2, 0.25) is 0 Å². The van der Waals surface area contributed by atoms with Crippen molar-refractivity contribution in [3.8, 4) is 22.1 Å². The van der Waals surface area contributed by atoms with Gasteiger partial charge in [-0.2, -0.15) is 0 Å². The first-order valence-corrected chi connectivity index (χ1v) is 15.3. The molecule has 5 aromatic rings. The van der Waals surface area contributed by atoms with Gasteiger partial charge in [0.15, 0.2) is 11.6 Å². The van der Waals surface area contributed by atoms with Crippen molar-refractivity contribution < 1.29 is 23.0 Å². The average molecular weight is 709 g/mol. The molecule has 1 aliphatic rings. The van der Waals surface area contributed by atoms with Crippen LogP contribution in [0.15, 0.2) is 109 Å². The second-order valence-electron chi connectivity index (χ2n) is 9.30. The van der Waals surface area contributed by atoms with Crippen LogP contribution >= 0.6 is 33.9 Å². The average Bonchev–Trinajstić information content (AvgIpc) is 3.45. The van der Waals surface area contributed by atoms with Crippen LogP contribution in [0.5, 0.6) is 11.5 Å². The predicted molar refractivity (Wildman–Crippen MR) is 172 cm³/mol. The molecule has 0 saturated heterocycles. The smallest absolute Gasteiger partial charge is 0.258 e. The van der Waals surface area contributed by atoms with Crippen molar-refractivity contribution in [2.45, 2.75) is 11.0 Å². The third-order valence-corrected chi connectivity index (χ3v) is 8.89. The van der Waals surface area contributed by atoms with Crippen LogP contribution in [0.1, 0.15) is 6.92 Å². The van der Waals surface area contributed by atoms with Gasteiger partial charge in [-0.3, -0.25) is 14.8 Å². The van der Waals surface area contributed by atoms with E-state index >= 15 is 4.39 Å². The lowest BCUT2D eigenvalue weighted by Crippen LogP contribution is -2.36. The number of hydrogen-bond acceptors (Lipinski definition) is 7. The minimum atomic E-state index is -0.647. The van der Waals surface area contributed by atoms with E-state index in [1.54, 1.807) is 48.9 Å². The normalized spacial score (nSPS) is 14.7. The molecule has 0 spiro atoms. The highest BCUT2D eigenvalue weighted by Crippen LogP contribution is 2.39. The van der Waals surface area contributed by atoms with Crippen molar-refractivity contribution in [1.82, 2.24) is 9.97 Å². The Morgan fingerprint density at radius 3 is 2.60 bits per heavy atom. The van der Waals surface area contributed by atoms with Gasteiger partial charge in [0.05, 0.1) is 33.0 Å². The first kappa shape index (κ1) is 28.7. The van der Waals surface area contributed by atoms with Crippen LogP contribution in [-0.2, 0) is 9.53 Å². The van der Waals surface area contributed by atoms with Gasteiger partial charge in [0.2, 0.25) is 0 Å². The number of carbonyl (C=O) groups is 1. The van der Waals surface area contributed by atoms with Crippen molar-refractivity contribution in [2.24, 2.45) is 0 Å². The molecular formula is C32H23F2IN4O3S. The van der Waals surface area contributed by atoms with Crippen LogP contribution in [0, 0.1) is 11.6 Å². The number of nitrogens with one attached hydrogen (secondary N) is 1. The molecule has 0 radical (unpaired) electrons. The summed E-state index contributed by atoms with van der Waals surface area (Å²) < 4.78 is 40.8. The summed E-state index contributed by atoms with van der Waals surface area (Å²) in [5.74, 6) is -0.592. The molecule has 0 aliphatic carbocycles. The third kappa shape index (κ3) is 6.09. The zero-order valence-corrected chi connectivity index (χ0v) is 25.6.